The Balaban J connectivity index is 1.73. The average Bonchev–Trinajstić information content (AvgIpc) is 3.10. The van der Waals surface area contributed by atoms with Crippen LogP contribution >= 0.6 is 11.3 Å². The number of rotatable bonds is 10. The second kappa shape index (κ2) is 11.7. The summed E-state index contributed by atoms with van der Waals surface area (Å²) in [4.78, 5) is 8.90. The molecule has 2 unspecified atom stereocenters. The number of hydrogen-bond acceptors (Lipinski definition) is 5. The van der Waals surface area contributed by atoms with Gasteiger partial charge in [-0.25, -0.2) is 4.98 Å². The molecule has 0 radical (unpaired) electrons. The van der Waals surface area contributed by atoms with Gasteiger partial charge in [0.05, 0.1) is 36.1 Å². The summed E-state index contributed by atoms with van der Waals surface area (Å²) in [6.45, 7) is 8.05. The maximum Gasteiger partial charge on any atom is 0.191 e. The zero-order valence-corrected chi connectivity index (χ0v) is 17.1. The fraction of sp³-hybridized carbons (Fsp3) is 0.500. The smallest absolute Gasteiger partial charge is 0.191 e. The molecule has 0 bridgehead atoms. The third-order valence-electron chi connectivity index (χ3n) is 3.95. The van der Waals surface area contributed by atoms with Crippen LogP contribution < -0.4 is 10.6 Å². The number of aliphatic imine (C=N–C) groups is 1. The molecule has 0 aliphatic heterocycles. The third kappa shape index (κ3) is 8.07. The minimum Gasteiger partial charge on any atom is -0.389 e. The Kier molecular flexibility index (Phi) is 9.24. The van der Waals surface area contributed by atoms with E-state index in [-0.39, 0.29) is 19.3 Å². The zero-order valence-electron chi connectivity index (χ0n) is 16.3. The van der Waals surface area contributed by atoms with Gasteiger partial charge < -0.3 is 20.5 Å². The number of nitrogens with one attached hydrogen (secondary N) is 2. The lowest BCUT2D eigenvalue weighted by molar-refractivity contribution is 0.00111. The number of aryl methyl sites for hydroxylation is 1. The molecule has 2 aromatic rings. The highest BCUT2D eigenvalue weighted by Crippen LogP contribution is 2.15. The van der Waals surface area contributed by atoms with Crippen LogP contribution in [0, 0.1) is 6.92 Å². The van der Waals surface area contributed by atoms with Crippen molar-refractivity contribution in [1.82, 2.24) is 15.6 Å². The largest absolute Gasteiger partial charge is 0.389 e. The summed E-state index contributed by atoms with van der Waals surface area (Å²) in [7, 11) is 0. The third-order valence-corrected chi connectivity index (χ3v) is 4.77. The molecule has 0 saturated carbocycles. The van der Waals surface area contributed by atoms with Crippen molar-refractivity contribution >= 4 is 17.3 Å². The van der Waals surface area contributed by atoms with E-state index in [2.05, 4.69) is 26.0 Å². The molecule has 0 amide bonds. The fourth-order valence-corrected chi connectivity index (χ4v) is 3.15. The van der Waals surface area contributed by atoms with E-state index < -0.39 is 6.10 Å². The summed E-state index contributed by atoms with van der Waals surface area (Å²) in [6.07, 6.45) is 0.139. The molecule has 0 fully saturated rings. The second-order valence-corrected chi connectivity index (χ2v) is 7.36. The Morgan fingerprint density at radius 3 is 2.74 bits per heavy atom. The summed E-state index contributed by atoms with van der Waals surface area (Å²) in [6, 6.07) is 9.98. The van der Waals surface area contributed by atoms with E-state index in [1.165, 1.54) is 0 Å². The van der Waals surface area contributed by atoms with Crippen molar-refractivity contribution in [3.63, 3.8) is 0 Å². The van der Waals surface area contributed by atoms with Gasteiger partial charge in [0.15, 0.2) is 5.96 Å². The quantitative estimate of drug-likeness (QED) is 0.429. The normalized spacial score (nSPS) is 14.0. The summed E-state index contributed by atoms with van der Waals surface area (Å²) in [5.74, 6) is 0.694. The number of guanidine groups is 1. The number of ether oxygens (including phenoxy) is 1. The molecule has 148 valence electrons. The Hall–Kier alpha value is -1.96. The van der Waals surface area contributed by atoms with Gasteiger partial charge in [-0.05, 0) is 26.3 Å². The van der Waals surface area contributed by atoms with Gasteiger partial charge in [0.2, 0.25) is 0 Å². The fourth-order valence-electron chi connectivity index (χ4n) is 2.50. The molecular weight excluding hydrogens is 360 g/mol. The SMILES string of the molecule is CCNC(=NCC(O)COC(C)c1ccccc1)NCCc1csc(C)n1. The van der Waals surface area contributed by atoms with Crippen LogP contribution in [0.2, 0.25) is 0 Å². The maximum absolute atomic E-state index is 10.2. The lowest BCUT2D eigenvalue weighted by atomic mass is 10.1. The number of aromatic nitrogens is 1. The summed E-state index contributed by atoms with van der Waals surface area (Å²) in [5, 5.41) is 19.8. The van der Waals surface area contributed by atoms with Crippen LogP contribution in [-0.4, -0.2) is 48.4 Å². The van der Waals surface area contributed by atoms with Gasteiger partial charge in [0, 0.05) is 24.9 Å². The number of aliphatic hydroxyl groups excluding tert-OH is 1. The van der Waals surface area contributed by atoms with Gasteiger partial charge in [-0.15, -0.1) is 11.3 Å². The minimum atomic E-state index is -0.646. The van der Waals surface area contributed by atoms with Crippen molar-refractivity contribution in [2.45, 2.75) is 39.4 Å². The molecule has 0 spiro atoms. The van der Waals surface area contributed by atoms with Crippen LogP contribution in [-0.2, 0) is 11.2 Å². The lowest BCUT2D eigenvalue weighted by Gasteiger charge is -2.16. The van der Waals surface area contributed by atoms with Crippen LogP contribution in [0.15, 0.2) is 40.7 Å². The molecule has 0 aliphatic carbocycles. The number of aliphatic hydroxyl groups is 1. The summed E-state index contributed by atoms with van der Waals surface area (Å²) in [5.41, 5.74) is 2.18. The lowest BCUT2D eigenvalue weighted by Crippen LogP contribution is -2.39. The molecule has 1 aromatic heterocycles. The molecule has 0 aliphatic rings. The van der Waals surface area contributed by atoms with Gasteiger partial charge >= 0.3 is 0 Å². The van der Waals surface area contributed by atoms with Crippen LogP contribution in [0.1, 0.15) is 36.2 Å². The Bertz CT molecular complexity index is 690. The second-order valence-electron chi connectivity index (χ2n) is 6.29. The van der Waals surface area contributed by atoms with Crippen LogP contribution in [0.25, 0.3) is 0 Å². The topological polar surface area (TPSA) is 78.8 Å². The van der Waals surface area contributed by atoms with Gasteiger partial charge in [-0.2, -0.15) is 0 Å². The minimum absolute atomic E-state index is 0.0576. The summed E-state index contributed by atoms with van der Waals surface area (Å²) >= 11 is 1.66. The van der Waals surface area contributed by atoms with E-state index in [9.17, 15) is 5.11 Å². The molecule has 2 rings (SSSR count). The first-order valence-electron chi connectivity index (χ1n) is 9.36. The highest BCUT2D eigenvalue weighted by atomic mass is 32.1. The molecule has 0 saturated heterocycles. The van der Waals surface area contributed by atoms with Gasteiger partial charge in [0.1, 0.15) is 0 Å². The molecule has 1 aromatic carbocycles. The van der Waals surface area contributed by atoms with Gasteiger partial charge in [-0.1, -0.05) is 30.3 Å². The molecule has 27 heavy (non-hydrogen) atoms. The molecule has 2 atom stereocenters. The standard InChI is InChI=1S/C20H30N4O2S/c1-4-21-20(22-11-10-18-14-27-16(3)24-18)23-12-19(25)13-26-15(2)17-8-6-5-7-9-17/h5-9,14-15,19,25H,4,10-13H2,1-3H3,(H2,21,22,23). The van der Waals surface area contributed by atoms with E-state index in [1.807, 2.05) is 51.1 Å². The highest BCUT2D eigenvalue weighted by Gasteiger charge is 2.10. The van der Waals surface area contributed by atoms with Crippen LogP contribution in [0.3, 0.4) is 0 Å². The number of hydrogen-bond donors (Lipinski definition) is 3. The van der Waals surface area contributed by atoms with Crippen molar-refractivity contribution in [2.75, 3.05) is 26.2 Å². The van der Waals surface area contributed by atoms with E-state index in [4.69, 9.17) is 4.74 Å². The van der Waals surface area contributed by atoms with Crippen LogP contribution in [0.4, 0.5) is 0 Å². The van der Waals surface area contributed by atoms with Crippen molar-refractivity contribution in [3.05, 3.63) is 52.0 Å². The number of nitrogens with zero attached hydrogens (tertiary/aromatic N) is 2. The number of benzene rings is 1. The predicted octanol–water partition coefficient (Wildman–Crippen LogP) is 2.69. The van der Waals surface area contributed by atoms with Crippen molar-refractivity contribution in [3.8, 4) is 0 Å². The predicted molar refractivity (Wildman–Crippen MR) is 111 cm³/mol. The number of thiazole rings is 1. The first kappa shape index (κ1) is 21.3. The van der Waals surface area contributed by atoms with E-state index in [1.54, 1.807) is 11.3 Å². The van der Waals surface area contributed by atoms with E-state index in [0.29, 0.717) is 5.96 Å². The maximum atomic E-state index is 10.2. The Morgan fingerprint density at radius 2 is 2.07 bits per heavy atom. The summed E-state index contributed by atoms with van der Waals surface area (Å²) < 4.78 is 5.76. The molecular formula is C20H30N4O2S. The molecule has 3 N–H and O–H groups in total. The monoisotopic (exact) mass is 390 g/mol. The van der Waals surface area contributed by atoms with Gasteiger partial charge in [0.25, 0.3) is 0 Å². The molecule has 1 heterocycles. The van der Waals surface area contributed by atoms with Crippen molar-refractivity contribution in [2.24, 2.45) is 4.99 Å². The zero-order chi connectivity index (χ0) is 19.5. The Labute approximate surface area is 165 Å². The van der Waals surface area contributed by atoms with Crippen LogP contribution in [0.5, 0.6) is 0 Å². The van der Waals surface area contributed by atoms with E-state index >= 15 is 0 Å². The molecule has 7 heteroatoms. The van der Waals surface area contributed by atoms with Crippen molar-refractivity contribution in [1.29, 1.82) is 0 Å². The van der Waals surface area contributed by atoms with E-state index in [0.717, 1.165) is 35.8 Å². The first-order valence-corrected chi connectivity index (χ1v) is 10.2. The highest BCUT2D eigenvalue weighted by molar-refractivity contribution is 7.09. The van der Waals surface area contributed by atoms with Gasteiger partial charge in [-0.3, -0.25) is 4.99 Å². The molecule has 6 nitrogen and oxygen atoms in total. The average molecular weight is 391 g/mol. The Morgan fingerprint density at radius 1 is 1.30 bits per heavy atom. The first-order chi connectivity index (χ1) is 13.1. The van der Waals surface area contributed by atoms with Crippen molar-refractivity contribution < 1.29 is 9.84 Å².